The van der Waals surface area contributed by atoms with Crippen molar-refractivity contribution in [2.45, 2.75) is 65.4 Å². The van der Waals surface area contributed by atoms with Crippen LogP contribution in [0.25, 0.3) is 5.69 Å². The number of aryl methyl sites for hydroxylation is 1. The predicted octanol–water partition coefficient (Wildman–Crippen LogP) is 5.94. The summed E-state index contributed by atoms with van der Waals surface area (Å²) in [6.45, 7) is 11.0. The Morgan fingerprint density at radius 3 is 2.39 bits per heavy atom. The summed E-state index contributed by atoms with van der Waals surface area (Å²) in [6, 6.07) is 10.8. The van der Waals surface area contributed by atoms with Gasteiger partial charge in [-0.25, -0.2) is 24.2 Å². The van der Waals surface area contributed by atoms with Gasteiger partial charge in [-0.15, -0.1) is 0 Å². The summed E-state index contributed by atoms with van der Waals surface area (Å²) < 4.78 is 19.6. The first-order chi connectivity index (χ1) is 23.1. The fourth-order valence-electron chi connectivity index (χ4n) is 5.36. The van der Waals surface area contributed by atoms with Gasteiger partial charge in [-0.2, -0.15) is 15.3 Å². The average molecular weight is 690 g/mol. The van der Waals surface area contributed by atoms with Gasteiger partial charge in [0.25, 0.3) is 5.56 Å². The third-order valence-corrected chi connectivity index (χ3v) is 7.78. The van der Waals surface area contributed by atoms with Gasteiger partial charge in [-0.3, -0.25) is 4.79 Å². The molecule has 1 aromatic carbocycles. The number of carbonyl (C=O) groups excluding carboxylic acids is 2. The Morgan fingerprint density at radius 1 is 1.16 bits per heavy atom. The minimum Gasteiger partial charge on any atom is -0.479 e. The highest BCUT2D eigenvalue weighted by molar-refractivity contribution is 6.30. The van der Waals surface area contributed by atoms with Crippen LogP contribution in [0.2, 0.25) is 5.02 Å². The number of halogens is 1. The molecule has 258 valence electrons. The number of nitrogens with zero attached hydrogens (tertiary/aromatic N) is 7. The Morgan fingerprint density at radius 2 is 1.84 bits per heavy atom. The molecule has 0 aliphatic carbocycles. The van der Waals surface area contributed by atoms with E-state index in [1.54, 1.807) is 63.8 Å². The molecule has 0 bridgehead atoms. The summed E-state index contributed by atoms with van der Waals surface area (Å²) >= 11 is 6.32. The number of hydrogen-bond acceptors (Lipinski definition) is 10. The molecule has 0 saturated heterocycles. The van der Waals surface area contributed by atoms with Crippen molar-refractivity contribution in [3.8, 4) is 17.6 Å². The second kappa shape index (κ2) is 14.9. The maximum absolute atomic E-state index is 13.7. The van der Waals surface area contributed by atoms with E-state index in [0.717, 1.165) is 11.1 Å². The van der Waals surface area contributed by atoms with Gasteiger partial charge in [0.05, 0.1) is 37.2 Å². The van der Waals surface area contributed by atoms with Crippen LogP contribution in [0.3, 0.4) is 0 Å². The standard InChI is InChI=1S/C35H40ClN7O6/c1-10-48-32(45)28-27(24(23-13-11-21(17-37)12-14-23)15-22-16-25(36)31(44)41(7)19-22)29(20(2)3)43(40-28)26-18-38-33(39-30(26)47-9)42(8)34(46)49-35(4,5)6/h11-14,16,18-20,24H,10,15H2,1-9H3. The van der Waals surface area contributed by atoms with Crippen molar-refractivity contribution in [2.75, 3.05) is 25.7 Å². The number of aromatic nitrogens is 5. The number of benzene rings is 1. The number of anilines is 1. The Bertz CT molecular complexity index is 1930. The first-order valence-corrected chi connectivity index (χ1v) is 16.0. The van der Waals surface area contributed by atoms with Gasteiger partial charge in [-0.05, 0) is 69.4 Å². The highest BCUT2D eigenvalue weighted by Crippen LogP contribution is 2.39. The van der Waals surface area contributed by atoms with E-state index >= 15 is 0 Å². The van der Waals surface area contributed by atoms with Crippen LogP contribution >= 0.6 is 11.6 Å². The third kappa shape index (κ3) is 8.09. The van der Waals surface area contributed by atoms with Gasteiger partial charge < -0.3 is 18.8 Å². The van der Waals surface area contributed by atoms with Gasteiger partial charge >= 0.3 is 12.1 Å². The molecule has 0 N–H and O–H groups in total. The fraction of sp³-hybridized carbons (Fsp3) is 0.400. The number of ether oxygens (including phenoxy) is 3. The Labute approximate surface area is 290 Å². The lowest BCUT2D eigenvalue weighted by atomic mass is 9.82. The summed E-state index contributed by atoms with van der Waals surface area (Å²) in [7, 11) is 4.53. The van der Waals surface area contributed by atoms with Crippen molar-refractivity contribution < 1.29 is 23.8 Å². The molecule has 3 heterocycles. The van der Waals surface area contributed by atoms with Crippen molar-refractivity contribution >= 4 is 29.6 Å². The predicted molar refractivity (Wildman–Crippen MR) is 184 cm³/mol. The van der Waals surface area contributed by atoms with E-state index in [1.165, 1.54) is 29.8 Å². The molecule has 1 atom stereocenters. The molecule has 1 amide bonds. The molecular formula is C35H40ClN7O6. The molecule has 0 aliphatic rings. The number of rotatable bonds is 10. The molecule has 1 unspecified atom stereocenters. The molecule has 49 heavy (non-hydrogen) atoms. The molecule has 0 fully saturated rings. The molecular weight excluding hydrogens is 650 g/mol. The first kappa shape index (κ1) is 36.6. The minimum atomic E-state index is -0.734. The van der Waals surface area contributed by atoms with Crippen LogP contribution in [-0.4, -0.2) is 62.7 Å². The quantitative estimate of drug-likeness (QED) is 0.183. The number of methoxy groups -OCH3 is 1. The van der Waals surface area contributed by atoms with Crippen LogP contribution in [0.15, 0.2) is 47.5 Å². The fourth-order valence-corrected chi connectivity index (χ4v) is 5.63. The normalized spacial score (nSPS) is 12.0. The van der Waals surface area contributed by atoms with Crippen molar-refractivity contribution in [2.24, 2.45) is 7.05 Å². The summed E-state index contributed by atoms with van der Waals surface area (Å²) in [5.74, 6) is -1.26. The van der Waals surface area contributed by atoms with Gasteiger partial charge in [0.1, 0.15) is 16.3 Å². The number of hydrogen-bond donors (Lipinski definition) is 0. The first-order valence-electron chi connectivity index (χ1n) is 15.6. The molecule has 0 spiro atoms. The van der Waals surface area contributed by atoms with E-state index in [1.807, 2.05) is 26.0 Å². The lowest BCUT2D eigenvalue weighted by Gasteiger charge is -2.24. The number of amides is 1. The van der Waals surface area contributed by atoms with Crippen LogP contribution in [0.5, 0.6) is 5.88 Å². The highest BCUT2D eigenvalue weighted by atomic mass is 35.5. The van der Waals surface area contributed by atoms with E-state index in [0.29, 0.717) is 28.9 Å². The number of esters is 1. The Hall–Kier alpha value is -5.22. The second-order valence-electron chi connectivity index (χ2n) is 12.6. The highest BCUT2D eigenvalue weighted by Gasteiger charge is 2.34. The van der Waals surface area contributed by atoms with Crippen LogP contribution in [0, 0.1) is 11.3 Å². The van der Waals surface area contributed by atoms with Crippen molar-refractivity contribution in [1.29, 1.82) is 5.26 Å². The van der Waals surface area contributed by atoms with Crippen molar-refractivity contribution in [3.63, 3.8) is 0 Å². The third-order valence-electron chi connectivity index (χ3n) is 7.51. The molecule has 14 heteroatoms. The van der Waals surface area contributed by atoms with Gasteiger partial charge in [0, 0.05) is 31.8 Å². The lowest BCUT2D eigenvalue weighted by Crippen LogP contribution is -2.35. The Balaban J connectivity index is 1.99. The van der Waals surface area contributed by atoms with E-state index < -0.39 is 23.6 Å². The molecule has 4 aromatic rings. The summed E-state index contributed by atoms with van der Waals surface area (Å²) in [4.78, 5) is 49.0. The maximum Gasteiger partial charge on any atom is 0.416 e. The number of nitriles is 1. The SMILES string of the molecule is CCOC(=O)c1nn(-c2cnc(N(C)C(=O)OC(C)(C)C)nc2OC)c(C(C)C)c1C(Cc1cc(Cl)c(=O)n(C)c1)c1ccc(C#N)cc1. The van der Waals surface area contributed by atoms with E-state index in [2.05, 4.69) is 16.0 Å². The van der Waals surface area contributed by atoms with Crippen molar-refractivity contribution in [1.82, 2.24) is 24.3 Å². The number of carbonyl (C=O) groups is 2. The molecule has 0 saturated carbocycles. The zero-order valence-electron chi connectivity index (χ0n) is 29.1. The van der Waals surface area contributed by atoms with Crippen LogP contribution in [0.1, 0.15) is 91.8 Å². The maximum atomic E-state index is 13.7. The van der Waals surface area contributed by atoms with E-state index in [4.69, 9.17) is 30.9 Å². The van der Waals surface area contributed by atoms with Crippen molar-refractivity contribution in [3.05, 3.63) is 91.7 Å². The zero-order chi connectivity index (χ0) is 36.2. The van der Waals surface area contributed by atoms with Crippen LogP contribution in [-0.2, 0) is 22.9 Å². The van der Waals surface area contributed by atoms with Gasteiger partial charge in [-0.1, -0.05) is 37.6 Å². The van der Waals surface area contributed by atoms with E-state index in [-0.39, 0.29) is 40.6 Å². The van der Waals surface area contributed by atoms with Crippen LogP contribution < -0.4 is 15.2 Å². The minimum absolute atomic E-state index is 0.0287. The molecule has 0 radical (unpaired) electrons. The Kier molecular flexibility index (Phi) is 11.1. The molecule has 0 aliphatic heterocycles. The average Bonchev–Trinajstić information content (AvgIpc) is 3.45. The number of pyridine rings is 1. The van der Waals surface area contributed by atoms with E-state index in [9.17, 15) is 19.6 Å². The summed E-state index contributed by atoms with van der Waals surface area (Å²) in [5.41, 5.74) is 2.50. The molecule has 13 nitrogen and oxygen atoms in total. The molecule has 3 aromatic heterocycles. The van der Waals surface area contributed by atoms with Crippen LogP contribution in [0.4, 0.5) is 10.7 Å². The van der Waals surface area contributed by atoms with Gasteiger partial charge in [0.2, 0.25) is 11.8 Å². The molecule has 4 rings (SSSR count). The van der Waals surface area contributed by atoms with Gasteiger partial charge in [0.15, 0.2) is 5.69 Å². The zero-order valence-corrected chi connectivity index (χ0v) is 29.8. The topological polar surface area (TPSA) is 154 Å². The monoisotopic (exact) mass is 689 g/mol. The largest absolute Gasteiger partial charge is 0.479 e. The summed E-state index contributed by atoms with van der Waals surface area (Å²) in [5, 5.41) is 14.3. The smallest absolute Gasteiger partial charge is 0.416 e. The lowest BCUT2D eigenvalue weighted by molar-refractivity contribution is 0.0515. The summed E-state index contributed by atoms with van der Waals surface area (Å²) in [6.07, 6.45) is 2.82. The second-order valence-corrected chi connectivity index (χ2v) is 13.0.